The first-order valence-electron chi connectivity index (χ1n) is 6.15. The second-order valence-corrected chi connectivity index (χ2v) is 6.25. The van der Waals surface area contributed by atoms with E-state index in [0.29, 0.717) is 11.5 Å². The molecule has 1 aromatic heterocycles. The van der Waals surface area contributed by atoms with Crippen molar-refractivity contribution in [3.05, 3.63) is 42.6 Å². The van der Waals surface area contributed by atoms with Crippen LogP contribution in [-0.2, 0) is 10.0 Å². The lowest BCUT2D eigenvalue weighted by Gasteiger charge is -2.13. The number of nitrogens with two attached hydrogens (primary N) is 1. The quantitative estimate of drug-likeness (QED) is 0.567. The van der Waals surface area contributed by atoms with E-state index in [9.17, 15) is 8.42 Å². The van der Waals surface area contributed by atoms with Crippen LogP contribution in [-0.4, -0.2) is 27.5 Å². The molecule has 2 rings (SSSR count). The molecule has 0 saturated heterocycles. The van der Waals surface area contributed by atoms with Gasteiger partial charge >= 0.3 is 0 Å². The van der Waals surface area contributed by atoms with Crippen molar-refractivity contribution >= 4 is 27.2 Å². The third-order valence-electron chi connectivity index (χ3n) is 2.83. The molecule has 0 spiro atoms. The van der Waals surface area contributed by atoms with Gasteiger partial charge in [-0.15, -0.1) is 0 Å². The average Bonchev–Trinajstić information content (AvgIpc) is 2.47. The molecule has 4 N–H and O–H groups in total. The summed E-state index contributed by atoms with van der Waals surface area (Å²) < 4.78 is 26.9. The monoisotopic (exact) mass is 307 g/mol. The summed E-state index contributed by atoms with van der Waals surface area (Å²) in [6, 6.07) is 9.99. The fourth-order valence-corrected chi connectivity index (χ4v) is 2.67. The molecule has 0 amide bonds. The van der Waals surface area contributed by atoms with E-state index < -0.39 is 10.0 Å². The zero-order valence-electron chi connectivity index (χ0n) is 11.7. The smallest absolute Gasteiger partial charge is 0.263 e. The van der Waals surface area contributed by atoms with Gasteiger partial charge in [0.25, 0.3) is 10.0 Å². The molecule has 8 heteroatoms. The number of nitrogen functional groups attached to an aromatic ring is 1. The van der Waals surface area contributed by atoms with E-state index in [1.807, 2.05) is 31.1 Å². The highest BCUT2D eigenvalue weighted by molar-refractivity contribution is 7.92. The Morgan fingerprint density at radius 1 is 1.10 bits per heavy atom. The lowest BCUT2D eigenvalue weighted by atomic mass is 10.3. The van der Waals surface area contributed by atoms with Crippen LogP contribution in [0.25, 0.3) is 0 Å². The maximum absolute atomic E-state index is 12.2. The Morgan fingerprint density at radius 2 is 1.76 bits per heavy atom. The van der Waals surface area contributed by atoms with Gasteiger partial charge in [-0.25, -0.2) is 19.2 Å². The van der Waals surface area contributed by atoms with Gasteiger partial charge in [-0.1, -0.05) is 0 Å². The summed E-state index contributed by atoms with van der Waals surface area (Å²) in [6.45, 7) is 0. The molecular formula is C13H17N5O2S. The van der Waals surface area contributed by atoms with E-state index in [-0.39, 0.29) is 4.90 Å². The van der Waals surface area contributed by atoms with Gasteiger partial charge < -0.3 is 10.3 Å². The molecule has 2 aromatic rings. The molecule has 0 aliphatic rings. The minimum Gasteiger partial charge on any atom is -0.378 e. The molecule has 1 aromatic carbocycles. The van der Waals surface area contributed by atoms with Gasteiger partial charge in [0.1, 0.15) is 10.7 Å². The molecule has 0 fully saturated rings. The summed E-state index contributed by atoms with van der Waals surface area (Å²) in [5, 5.41) is 0. The van der Waals surface area contributed by atoms with Gasteiger partial charge in [0.2, 0.25) is 0 Å². The van der Waals surface area contributed by atoms with Crippen LogP contribution in [0.1, 0.15) is 0 Å². The third kappa shape index (κ3) is 3.61. The van der Waals surface area contributed by atoms with E-state index in [4.69, 9.17) is 5.84 Å². The number of benzene rings is 1. The molecule has 0 aliphatic heterocycles. The van der Waals surface area contributed by atoms with Crippen LogP contribution in [0.2, 0.25) is 0 Å². The summed E-state index contributed by atoms with van der Waals surface area (Å²) in [5.41, 5.74) is 3.81. The van der Waals surface area contributed by atoms with E-state index in [1.54, 1.807) is 12.1 Å². The first-order chi connectivity index (χ1) is 9.92. The molecule has 0 radical (unpaired) electrons. The molecule has 7 nitrogen and oxygen atoms in total. The second-order valence-electron chi connectivity index (χ2n) is 4.57. The van der Waals surface area contributed by atoms with Crippen molar-refractivity contribution in [3.8, 4) is 0 Å². The van der Waals surface area contributed by atoms with Crippen LogP contribution < -0.4 is 20.9 Å². The van der Waals surface area contributed by atoms with Crippen molar-refractivity contribution < 1.29 is 8.42 Å². The molecule has 0 aliphatic carbocycles. The van der Waals surface area contributed by atoms with Crippen LogP contribution in [0.4, 0.5) is 17.2 Å². The largest absolute Gasteiger partial charge is 0.378 e. The molecule has 0 atom stereocenters. The summed E-state index contributed by atoms with van der Waals surface area (Å²) >= 11 is 0. The topological polar surface area (TPSA) is 100 Å². The number of hydrazine groups is 1. The second kappa shape index (κ2) is 5.98. The Bertz CT molecular complexity index is 696. The molecular weight excluding hydrogens is 290 g/mol. The predicted octanol–water partition coefficient (Wildman–Crippen LogP) is 1.23. The Labute approximate surface area is 123 Å². The van der Waals surface area contributed by atoms with Crippen LogP contribution in [0, 0.1) is 0 Å². The lowest BCUT2D eigenvalue weighted by Crippen LogP contribution is -2.14. The molecule has 1 heterocycles. The van der Waals surface area contributed by atoms with E-state index >= 15 is 0 Å². The molecule has 0 bridgehead atoms. The number of anilines is 3. The zero-order chi connectivity index (χ0) is 15.5. The fraction of sp³-hybridized carbons (Fsp3) is 0.154. The normalized spacial score (nSPS) is 11.0. The maximum Gasteiger partial charge on any atom is 0.263 e. The first kappa shape index (κ1) is 15.1. The third-order valence-corrected chi connectivity index (χ3v) is 4.20. The number of pyridine rings is 1. The van der Waals surface area contributed by atoms with Gasteiger partial charge in [0, 0.05) is 31.7 Å². The van der Waals surface area contributed by atoms with Crippen LogP contribution >= 0.6 is 0 Å². The number of hydrogen-bond acceptors (Lipinski definition) is 6. The van der Waals surface area contributed by atoms with Gasteiger partial charge in [0.15, 0.2) is 0 Å². The highest BCUT2D eigenvalue weighted by Crippen LogP contribution is 2.19. The standard InChI is InChI=1S/C13H17N5O2S/c1-18(2)11-5-3-10(4-6-11)17-21(19,20)12-7-8-13(16-14)15-9-12/h3-9,17H,14H2,1-2H3,(H,15,16). The predicted molar refractivity (Wildman–Crippen MR) is 83.6 cm³/mol. The van der Waals surface area contributed by atoms with Gasteiger partial charge in [-0.3, -0.25) is 4.72 Å². The van der Waals surface area contributed by atoms with Crippen molar-refractivity contribution in [2.24, 2.45) is 5.84 Å². The minimum absolute atomic E-state index is 0.0678. The van der Waals surface area contributed by atoms with Crippen LogP contribution in [0.5, 0.6) is 0 Å². The summed E-state index contributed by atoms with van der Waals surface area (Å²) in [7, 11) is 0.163. The number of nitrogens with one attached hydrogen (secondary N) is 2. The Morgan fingerprint density at radius 3 is 2.24 bits per heavy atom. The van der Waals surface area contributed by atoms with E-state index in [1.165, 1.54) is 18.3 Å². The van der Waals surface area contributed by atoms with Gasteiger partial charge in [-0.05, 0) is 36.4 Å². The summed E-state index contributed by atoms with van der Waals surface area (Å²) in [5.74, 6) is 5.58. The van der Waals surface area contributed by atoms with E-state index in [2.05, 4.69) is 15.1 Å². The Hall–Kier alpha value is -2.32. The van der Waals surface area contributed by atoms with Gasteiger partial charge in [0.05, 0.1) is 0 Å². The highest BCUT2D eigenvalue weighted by Gasteiger charge is 2.14. The van der Waals surface area contributed by atoms with Crippen LogP contribution in [0.3, 0.4) is 0 Å². The lowest BCUT2D eigenvalue weighted by molar-refractivity contribution is 0.601. The van der Waals surface area contributed by atoms with Crippen molar-refractivity contribution in [1.82, 2.24) is 4.98 Å². The molecule has 0 saturated carbocycles. The molecule has 112 valence electrons. The average molecular weight is 307 g/mol. The summed E-state index contributed by atoms with van der Waals surface area (Å²) in [6.07, 6.45) is 1.24. The first-order valence-corrected chi connectivity index (χ1v) is 7.63. The summed E-state index contributed by atoms with van der Waals surface area (Å²) in [4.78, 5) is 5.88. The number of rotatable bonds is 5. The molecule has 21 heavy (non-hydrogen) atoms. The van der Waals surface area contributed by atoms with Crippen molar-refractivity contribution in [1.29, 1.82) is 0 Å². The number of nitrogens with zero attached hydrogens (tertiary/aromatic N) is 2. The SMILES string of the molecule is CN(C)c1ccc(NS(=O)(=O)c2ccc(NN)nc2)cc1. The maximum atomic E-state index is 12.2. The highest BCUT2D eigenvalue weighted by atomic mass is 32.2. The minimum atomic E-state index is -3.67. The fourth-order valence-electron chi connectivity index (χ4n) is 1.67. The van der Waals surface area contributed by atoms with Crippen molar-refractivity contribution in [2.45, 2.75) is 4.90 Å². The Kier molecular flexibility index (Phi) is 4.29. The number of hydrogen-bond donors (Lipinski definition) is 3. The van der Waals surface area contributed by atoms with Crippen molar-refractivity contribution in [2.75, 3.05) is 29.1 Å². The number of sulfonamides is 1. The Balaban J connectivity index is 2.19. The van der Waals surface area contributed by atoms with Crippen molar-refractivity contribution in [3.63, 3.8) is 0 Å². The zero-order valence-corrected chi connectivity index (χ0v) is 12.6. The van der Waals surface area contributed by atoms with E-state index in [0.717, 1.165) is 5.69 Å². The number of aromatic nitrogens is 1. The van der Waals surface area contributed by atoms with Crippen LogP contribution in [0.15, 0.2) is 47.5 Å². The molecule has 0 unspecified atom stereocenters. The van der Waals surface area contributed by atoms with Gasteiger partial charge in [-0.2, -0.15) is 0 Å².